The smallest absolute Gasteiger partial charge is 0.376 e. The van der Waals surface area contributed by atoms with Crippen LogP contribution in [0.5, 0.6) is 0 Å². The van der Waals surface area contributed by atoms with Gasteiger partial charge in [-0.15, -0.1) is 17.0 Å². The normalized spacial score (nSPS) is 20.4. The van der Waals surface area contributed by atoms with E-state index in [1.54, 1.807) is 6.20 Å². The van der Waals surface area contributed by atoms with Crippen LogP contribution in [0.3, 0.4) is 0 Å². The molecule has 1 aromatic heterocycles. The van der Waals surface area contributed by atoms with E-state index in [1.807, 2.05) is 18.2 Å². The first-order chi connectivity index (χ1) is 14.5. The Labute approximate surface area is 191 Å². The maximum Gasteiger partial charge on any atom is 0.389 e. The van der Waals surface area contributed by atoms with Crippen LogP contribution in [0.2, 0.25) is 0 Å². The van der Waals surface area contributed by atoms with Gasteiger partial charge in [-0.1, -0.05) is 6.07 Å². The predicted molar refractivity (Wildman–Crippen MR) is 119 cm³/mol. The second kappa shape index (κ2) is 13.1. The van der Waals surface area contributed by atoms with Crippen molar-refractivity contribution in [2.24, 2.45) is 4.99 Å². The summed E-state index contributed by atoms with van der Waals surface area (Å²) in [6.45, 7) is 5.70. The van der Waals surface area contributed by atoms with Crippen molar-refractivity contribution in [2.45, 2.75) is 31.5 Å². The van der Waals surface area contributed by atoms with Crippen molar-refractivity contribution in [3.63, 3.8) is 0 Å². The number of piperazine rings is 1. The molecule has 31 heavy (non-hydrogen) atoms. The summed E-state index contributed by atoms with van der Waals surface area (Å²) in [6.07, 6.45) is -2.61. The highest BCUT2D eigenvalue weighted by Crippen LogP contribution is 2.22. The molecule has 0 spiro atoms. The van der Waals surface area contributed by atoms with E-state index < -0.39 is 12.6 Å². The monoisotopic (exact) mass is 509 g/mol. The second-order valence-corrected chi connectivity index (χ2v) is 7.39. The molecular weight excluding hydrogens is 479 g/mol. The highest BCUT2D eigenvalue weighted by atomic mass is 79.9. The molecule has 0 aliphatic carbocycles. The molecular formula is C20H31BrF3N5O2. The van der Waals surface area contributed by atoms with Crippen LogP contribution in [0.25, 0.3) is 0 Å². The van der Waals surface area contributed by atoms with Crippen molar-refractivity contribution < 1.29 is 22.6 Å². The molecule has 3 heterocycles. The topological polar surface area (TPSA) is 62.2 Å². The zero-order valence-electron chi connectivity index (χ0n) is 17.5. The molecule has 3 rings (SSSR count). The Morgan fingerprint density at radius 3 is 2.61 bits per heavy atom. The van der Waals surface area contributed by atoms with Crippen molar-refractivity contribution in [3.05, 3.63) is 24.4 Å². The highest BCUT2D eigenvalue weighted by Gasteiger charge is 2.26. The average Bonchev–Trinajstić information content (AvgIpc) is 2.76. The van der Waals surface area contributed by atoms with Crippen LogP contribution in [0.4, 0.5) is 19.0 Å². The van der Waals surface area contributed by atoms with Gasteiger partial charge in [0.15, 0.2) is 5.96 Å². The molecule has 1 aromatic rings. The summed E-state index contributed by atoms with van der Waals surface area (Å²) in [5, 5.41) is 3.25. The molecule has 0 aromatic carbocycles. The number of nitrogens with one attached hydrogen (secondary N) is 1. The van der Waals surface area contributed by atoms with Crippen LogP contribution in [0, 0.1) is 0 Å². The first-order valence-corrected chi connectivity index (χ1v) is 10.5. The molecule has 0 bridgehead atoms. The van der Waals surface area contributed by atoms with E-state index in [2.05, 4.69) is 25.1 Å². The summed E-state index contributed by atoms with van der Waals surface area (Å²) < 4.78 is 48.1. The van der Waals surface area contributed by atoms with Gasteiger partial charge in [-0.2, -0.15) is 13.2 Å². The summed E-state index contributed by atoms with van der Waals surface area (Å²) in [5.74, 6) is 1.67. The number of halogens is 4. The fraction of sp³-hybridized carbons (Fsp3) is 0.700. The molecule has 11 heteroatoms. The molecule has 7 nitrogen and oxygen atoms in total. The van der Waals surface area contributed by atoms with Crippen LogP contribution in [0.15, 0.2) is 29.4 Å². The van der Waals surface area contributed by atoms with Gasteiger partial charge in [0.2, 0.25) is 0 Å². The minimum atomic E-state index is -4.10. The molecule has 2 aliphatic heterocycles. The van der Waals surface area contributed by atoms with Gasteiger partial charge in [0.05, 0.1) is 26.4 Å². The Balaban J connectivity index is 0.00000341. The molecule has 0 amide bonds. The van der Waals surface area contributed by atoms with E-state index in [4.69, 9.17) is 9.47 Å². The van der Waals surface area contributed by atoms with E-state index in [1.165, 1.54) is 0 Å². The number of rotatable bonds is 7. The molecule has 2 fully saturated rings. The first-order valence-electron chi connectivity index (χ1n) is 10.5. The number of alkyl halides is 3. The standard InChI is InChI=1S/C20H30F3N5O2.BrH/c21-20(22,23)6-2-4-8-25-19(26-15-17-16-29-13-14-30-17)28-11-9-27(10-12-28)18-5-1-3-7-24-18;/h1,3,5,7,17H,2,4,6,8-16H2,(H,25,26);1H/t17-;/m0./s1. The van der Waals surface area contributed by atoms with Crippen molar-refractivity contribution in [2.75, 3.05) is 64.0 Å². The number of hydrogen-bond acceptors (Lipinski definition) is 5. The lowest BCUT2D eigenvalue weighted by Gasteiger charge is -2.37. The number of aromatic nitrogens is 1. The summed E-state index contributed by atoms with van der Waals surface area (Å²) in [5.41, 5.74) is 0. The van der Waals surface area contributed by atoms with Crippen LogP contribution < -0.4 is 10.2 Å². The van der Waals surface area contributed by atoms with Gasteiger partial charge in [0, 0.05) is 45.3 Å². The predicted octanol–water partition coefficient (Wildman–Crippen LogP) is 2.88. The molecule has 1 atom stereocenters. The highest BCUT2D eigenvalue weighted by molar-refractivity contribution is 8.93. The summed E-state index contributed by atoms with van der Waals surface area (Å²) in [6, 6.07) is 5.85. The van der Waals surface area contributed by atoms with Gasteiger partial charge in [-0.05, 0) is 25.0 Å². The number of hydrogen-bond donors (Lipinski definition) is 1. The minimum Gasteiger partial charge on any atom is -0.376 e. The maximum absolute atomic E-state index is 12.3. The van der Waals surface area contributed by atoms with Gasteiger partial charge < -0.3 is 24.6 Å². The van der Waals surface area contributed by atoms with Crippen LogP contribution in [0.1, 0.15) is 19.3 Å². The summed E-state index contributed by atoms with van der Waals surface area (Å²) in [4.78, 5) is 13.4. The van der Waals surface area contributed by atoms with Gasteiger partial charge in [-0.3, -0.25) is 4.99 Å². The van der Waals surface area contributed by atoms with Crippen molar-refractivity contribution in [3.8, 4) is 0 Å². The lowest BCUT2D eigenvalue weighted by atomic mass is 10.2. The molecule has 2 saturated heterocycles. The van der Waals surface area contributed by atoms with Crippen LogP contribution in [-0.2, 0) is 9.47 Å². The fourth-order valence-electron chi connectivity index (χ4n) is 3.44. The number of nitrogens with zero attached hydrogens (tertiary/aromatic N) is 4. The molecule has 1 N–H and O–H groups in total. The number of aliphatic imine (C=N–C) groups is 1. The fourth-order valence-corrected chi connectivity index (χ4v) is 3.44. The van der Waals surface area contributed by atoms with E-state index in [-0.39, 0.29) is 29.5 Å². The molecule has 0 radical (unpaired) electrons. The number of guanidine groups is 1. The SMILES string of the molecule is Br.FC(F)(F)CCCCNC(=NC[C@H]1COCCO1)N1CCN(c2ccccn2)CC1. The zero-order chi connectivity index (χ0) is 21.2. The molecule has 176 valence electrons. The number of unbranched alkanes of at least 4 members (excludes halogenated alkanes) is 1. The Morgan fingerprint density at radius 2 is 1.97 bits per heavy atom. The third kappa shape index (κ3) is 9.20. The van der Waals surface area contributed by atoms with E-state index in [0.717, 1.165) is 38.0 Å². The second-order valence-electron chi connectivity index (χ2n) is 7.39. The molecule has 0 saturated carbocycles. The number of pyridine rings is 1. The Bertz CT molecular complexity index is 652. The Hall–Kier alpha value is -1.59. The largest absolute Gasteiger partial charge is 0.389 e. The zero-order valence-corrected chi connectivity index (χ0v) is 19.2. The van der Waals surface area contributed by atoms with Crippen molar-refractivity contribution in [1.82, 2.24) is 15.2 Å². The lowest BCUT2D eigenvalue weighted by molar-refractivity contribution is -0.135. The van der Waals surface area contributed by atoms with Gasteiger partial charge >= 0.3 is 6.18 Å². The van der Waals surface area contributed by atoms with Gasteiger partial charge in [0.1, 0.15) is 11.9 Å². The van der Waals surface area contributed by atoms with Crippen LogP contribution >= 0.6 is 17.0 Å². The van der Waals surface area contributed by atoms with E-state index in [9.17, 15) is 13.2 Å². The average molecular weight is 510 g/mol. The Morgan fingerprint density at radius 1 is 1.16 bits per heavy atom. The maximum atomic E-state index is 12.3. The summed E-state index contributed by atoms with van der Waals surface area (Å²) >= 11 is 0. The lowest BCUT2D eigenvalue weighted by Crippen LogP contribution is -2.53. The third-order valence-corrected chi connectivity index (χ3v) is 5.05. The minimum absolute atomic E-state index is 0. The van der Waals surface area contributed by atoms with Crippen molar-refractivity contribution >= 4 is 28.8 Å². The Kier molecular flexibility index (Phi) is 10.8. The number of ether oxygens (including phenoxy) is 2. The van der Waals surface area contributed by atoms with E-state index >= 15 is 0 Å². The molecule has 0 unspecified atom stereocenters. The quantitative estimate of drug-likeness (QED) is 0.346. The van der Waals surface area contributed by atoms with E-state index in [0.29, 0.717) is 39.3 Å². The summed E-state index contributed by atoms with van der Waals surface area (Å²) in [7, 11) is 0. The third-order valence-electron chi connectivity index (χ3n) is 5.05. The van der Waals surface area contributed by atoms with Gasteiger partial charge in [-0.25, -0.2) is 4.98 Å². The molecule has 2 aliphatic rings. The van der Waals surface area contributed by atoms with Gasteiger partial charge in [0.25, 0.3) is 0 Å². The number of anilines is 1. The van der Waals surface area contributed by atoms with Crippen LogP contribution in [-0.4, -0.2) is 87.2 Å². The first kappa shape index (κ1) is 25.7. The van der Waals surface area contributed by atoms with Crippen molar-refractivity contribution in [1.29, 1.82) is 0 Å².